The molecular weight excluding hydrogens is 302 g/mol. The molecular formula is C20H25NO3. The molecule has 0 aliphatic carbocycles. The second-order valence-electron chi connectivity index (χ2n) is 6.08. The van der Waals surface area contributed by atoms with Gasteiger partial charge < -0.3 is 14.6 Å². The molecule has 0 bridgehead atoms. The normalized spacial score (nSPS) is 17.4. The lowest BCUT2D eigenvalue weighted by atomic mass is 9.87. The van der Waals surface area contributed by atoms with Gasteiger partial charge in [0.1, 0.15) is 0 Å². The fraction of sp³-hybridized carbons (Fsp3) is 0.400. The standard InChI is InChI=1S/C20H25NO3/c1-23-18-13-16-9-11-21(10-6-12-22)20(15-7-4-3-5-8-15)17(16)14-19(18)24-2/h3-5,7-8,13-14,20,22H,6,9-12H2,1-2H3/t20-/m1/s1. The van der Waals surface area contributed by atoms with Gasteiger partial charge in [-0.05, 0) is 41.7 Å². The van der Waals surface area contributed by atoms with E-state index in [-0.39, 0.29) is 12.6 Å². The van der Waals surface area contributed by atoms with Crippen molar-refractivity contribution in [1.29, 1.82) is 0 Å². The first kappa shape index (κ1) is 16.8. The van der Waals surface area contributed by atoms with Gasteiger partial charge in [-0.25, -0.2) is 0 Å². The van der Waals surface area contributed by atoms with Crippen molar-refractivity contribution in [3.63, 3.8) is 0 Å². The summed E-state index contributed by atoms with van der Waals surface area (Å²) in [5.74, 6) is 1.55. The zero-order valence-electron chi connectivity index (χ0n) is 14.4. The second-order valence-corrected chi connectivity index (χ2v) is 6.08. The van der Waals surface area contributed by atoms with Crippen LogP contribution in [0, 0.1) is 0 Å². The van der Waals surface area contributed by atoms with Crippen molar-refractivity contribution in [2.24, 2.45) is 0 Å². The molecule has 2 aromatic carbocycles. The van der Waals surface area contributed by atoms with E-state index >= 15 is 0 Å². The highest BCUT2D eigenvalue weighted by atomic mass is 16.5. The molecule has 1 N–H and O–H groups in total. The highest BCUT2D eigenvalue weighted by Gasteiger charge is 2.29. The fourth-order valence-corrected chi connectivity index (χ4v) is 3.54. The fourth-order valence-electron chi connectivity index (χ4n) is 3.54. The van der Waals surface area contributed by atoms with Crippen LogP contribution in [0.5, 0.6) is 11.5 Å². The summed E-state index contributed by atoms with van der Waals surface area (Å²) in [4.78, 5) is 2.44. The Morgan fingerprint density at radius 1 is 1.08 bits per heavy atom. The SMILES string of the molecule is COc1cc2c(cc1OC)[C@@H](c1ccccc1)N(CCCO)CC2. The third-order valence-electron chi connectivity index (χ3n) is 4.69. The number of methoxy groups -OCH3 is 2. The molecule has 0 saturated carbocycles. The van der Waals surface area contributed by atoms with Crippen LogP contribution >= 0.6 is 0 Å². The topological polar surface area (TPSA) is 41.9 Å². The third kappa shape index (κ3) is 3.25. The number of nitrogens with zero attached hydrogens (tertiary/aromatic N) is 1. The van der Waals surface area contributed by atoms with Crippen LogP contribution in [0.15, 0.2) is 42.5 Å². The molecule has 24 heavy (non-hydrogen) atoms. The lowest BCUT2D eigenvalue weighted by Crippen LogP contribution is -2.37. The maximum Gasteiger partial charge on any atom is 0.161 e. The van der Waals surface area contributed by atoms with Crippen LogP contribution in [-0.4, -0.2) is 43.9 Å². The van der Waals surface area contributed by atoms with E-state index in [1.54, 1.807) is 14.2 Å². The van der Waals surface area contributed by atoms with Gasteiger partial charge in [0.25, 0.3) is 0 Å². The van der Waals surface area contributed by atoms with E-state index in [0.29, 0.717) is 0 Å². The van der Waals surface area contributed by atoms with Gasteiger partial charge in [0.15, 0.2) is 11.5 Å². The Kier molecular flexibility index (Phi) is 5.38. The number of hydrogen-bond donors (Lipinski definition) is 1. The van der Waals surface area contributed by atoms with Crippen LogP contribution < -0.4 is 9.47 Å². The zero-order chi connectivity index (χ0) is 16.9. The van der Waals surface area contributed by atoms with Crippen molar-refractivity contribution in [3.05, 3.63) is 59.2 Å². The molecule has 4 nitrogen and oxygen atoms in total. The van der Waals surface area contributed by atoms with Gasteiger partial charge in [0, 0.05) is 19.7 Å². The Bertz CT molecular complexity index is 672. The summed E-state index contributed by atoms with van der Waals surface area (Å²) >= 11 is 0. The van der Waals surface area contributed by atoms with Gasteiger partial charge in [0.2, 0.25) is 0 Å². The Morgan fingerprint density at radius 2 is 1.79 bits per heavy atom. The molecule has 1 aliphatic rings. The second kappa shape index (κ2) is 7.69. The average molecular weight is 327 g/mol. The van der Waals surface area contributed by atoms with Gasteiger partial charge in [-0.3, -0.25) is 4.90 Å². The Balaban J connectivity index is 2.07. The number of benzene rings is 2. The molecule has 0 spiro atoms. The minimum Gasteiger partial charge on any atom is -0.493 e. The largest absolute Gasteiger partial charge is 0.493 e. The molecule has 4 heteroatoms. The molecule has 3 rings (SSSR count). The number of rotatable bonds is 6. The maximum atomic E-state index is 9.24. The van der Waals surface area contributed by atoms with Crippen LogP contribution in [0.1, 0.15) is 29.2 Å². The smallest absolute Gasteiger partial charge is 0.161 e. The summed E-state index contributed by atoms with van der Waals surface area (Å²) in [7, 11) is 3.35. The van der Waals surface area contributed by atoms with Gasteiger partial charge in [-0.1, -0.05) is 30.3 Å². The van der Waals surface area contributed by atoms with Gasteiger partial charge >= 0.3 is 0 Å². The summed E-state index contributed by atoms with van der Waals surface area (Å²) in [5.41, 5.74) is 3.84. The molecule has 0 fully saturated rings. The Labute approximate surface area is 143 Å². The summed E-state index contributed by atoms with van der Waals surface area (Å²) < 4.78 is 11.0. The molecule has 1 heterocycles. The van der Waals surface area contributed by atoms with E-state index in [0.717, 1.165) is 37.4 Å². The number of fused-ring (bicyclic) bond motifs is 1. The van der Waals surface area contributed by atoms with Gasteiger partial charge in [-0.2, -0.15) is 0 Å². The molecule has 0 saturated heterocycles. The highest BCUT2D eigenvalue weighted by Crippen LogP contribution is 2.40. The molecule has 1 atom stereocenters. The van der Waals surface area contributed by atoms with Gasteiger partial charge in [-0.15, -0.1) is 0 Å². The monoisotopic (exact) mass is 327 g/mol. The number of aliphatic hydroxyl groups is 1. The first-order chi connectivity index (χ1) is 11.8. The van der Waals surface area contributed by atoms with Gasteiger partial charge in [0.05, 0.1) is 20.3 Å². The zero-order valence-corrected chi connectivity index (χ0v) is 14.4. The van der Waals surface area contributed by atoms with Crippen molar-refractivity contribution in [1.82, 2.24) is 4.90 Å². The van der Waals surface area contributed by atoms with E-state index in [1.165, 1.54) is 16.7 Å². The summed E-state index contributed by atoms with van der Waals surface area (Å²) in [5, 5.41) is 9.24. The number of ether oxygens (including phenoxy) is 2. The van der Waals surface area contributed by atoms with E-state index in [4.69, 9.17) is 9.47 Å². The molecule has 0 unspecified atom stereocenters. The summed E-state index contributed by atoms with van der Waals surface area (Å²) in [6.45, 7) is 2.07. The van der Waals surface area contributed by atoms with Crippen LogP contribution in [-0.2, 0) is 6.42 Å². The Morgan fingerprint density at radius 3 is 2.46 bits per heavy atom. The predicted molar refractivity (Wildman–Crippen MR) is 94.8 cm³/mol. The van der Waals surface area contributed by atoms with Crippen molar-refractivity contribution in [2.75, 3.05) is 33.9 Å². The quantitative estimate of drug-likeness (QED) is 0.885. The lowest BCUT2D eigenvalue weighted by Gasteiger charge is -2.38. The van der Waals surface area contributed by atoms with Crippen LogP contribution in [0.4, 0.5) is 0 Å². The summed E-state index contributed by atoms with van der Waals surface area (Å²) in [6.07, 6.45) is 1.76. The first-order valence-electron chi connectivity index (χ1n) is 8.43. The summed E-state index contributed by atoms with van der Waals surface area (Å²) in [6, 6.07) is 14.9. The van der Waals surface area contributed by atoms with E-state index in [9.17, 15) is 5.11 Å². The third-order valence-corrected chi connectivity index (χ3v) is 4.69. The lowest BCUT2D eigenvalue weighted by molar-refractivity contribution is 0.185. The van der Waals surface area contributed by atoms with Crippen LogP contribution in [0.25, 0.3) is 0 Å². The molecule has 0 aromatic heterocycles. The first-order valence-corrected chi connectivity index (χ1v) is 8.43. The number of aliphatic hydroxyl groups excluding tert-OH is 1. The van der Waals surface area contributed by atoms with E-state index < -0.39 is 0 Å². The minimum absolute atomic E-state index is 0.182. The number of hydrogen-bond acceptors (Lipinski definition) is 4. The maximum absolute atomic E-state index is 9.24. The predicted octanol–water partition coefficient (Wildman–Crippen LogP) is 3.03. The molecule has 128 valence electrons. The van der Waals surface area contributed by atoms with Crippen molar-refractivity contribution >= 4 is 0 Å². The molecule has 0 amide bonds. The minimum atomic E-state index is 0.182. The van der Waals surface area contributed by atoms with Crippen LogP contribution in [0.2, 0.25) is 0 Å². The average Bonchev–Trinajstić information content (AvgIpc) is 2.65. The highest BCUT2D eigenvalue weighted by molar-refractivity contribution is 5.51. The van der Waals surface area contributed by atoms with E-state index in [2.05, 4.69) is 41.3 Å². The Hall–Kier alpha value is -2.04. The molecule has 2 aromatic rings. The van der Waals surface area contributed by atoms with Crippen molar-refractivity contribution < 1.29 is 14.6 Å². The molecule has 1 aliphatic heterocycles. The van der Waals surface area contributed by atoms with Crippen LogP contribution in [0.3, 0.4) is 0 Å². The molecule has 0 radical (unpaired) electrons. The van der Waals surface area contributed by atoms with Crippen molar-refractivity contribution in [3.8, 4) is 11.5 Å². The van der Waals surface area contributed by atoms with Crippen molar-refractivity contribution in [2.45, 2.75) is 18.9 Å². The van der Waals surface area contributed by atoms with E-state index in [1.807, 2.05) is 6.07 Å².